The summed E-state index contributed by atoms with van der Waals surface area (Å²) in [6, 6.07) is 5.53. The van der Waals surface area contributed by atoms with Gasteiger partial charge in [0.1, 0.15) is 5.75 Å². The number of esters is 1. The molecule has 1 rings (SSSR count). The van der Waals surface area contributed by atoms with Crippen molar-refractivity contribution in [3.05, 3.63) is 24.3 Å². The van der Waals surface area contributed by atoms with Crippen LogP contribution in [0.2, 0.25) is 0 Å². The van der Waals surface area contributed by atoms with Gasteiger partial charge in [-0.15, -0.1) is 0 Å². The lowest BCUT2D eigenvalue weighted by molar-refractivity contribution is -0.134. The number of nitrogens with two attached hydrogens (primary N) is 1. The Bertz CT molecular complexity index is 481. The van der Waals surface area contributed by atoms with E-state index in [4.69, 9.17) is 9.88 Å². The van der Waals surface area contributed by atoms with Crippen molar-refractivity contribution < 1.29 is 17.9 Å². The zero-order chi connectivity index (χ0) is 12.2. The van der Waals surface area contributed by atoms with Gasteiger partial charge in [0.2, 0.25) is 10.0 Å². The summed E-state index contributed by atoms with van der Waals surface area (Å²) in [6.07, 6.45) is 0.966. The Morgan fingerprint density at radius 2 is 2.12 bits per heavy atom. The minimum Gasteiger partial charge on any atom is -0.426 e. The topological polar surface area (TPSA) is 86.5 Å². The maximum atomic E-state index is 11.2. The fourth-order valence-electron chi connectivity index (χ4n) is 1.10. The van der Waals surface area contributed by atoms with Crippen LogP contribution in [0.5, 0.6) is 5.75 Å². The summed E-state index contributed by atoms with van der Waals surface area (Å²) in [5.74, 6) is -0.209. The number of sulfonamides is 1. The summed E-state index contributed by atoms with van der Waals surface area (Å²) >= 11 is 0. The van der Waals surface area contributed by atoms with E-state index in [1.807, 2.05) is 6.92 Å². The van der Waals surface area contributed by atoms with Crippen molar-refractivity contribution in [1.29, 1.82) is 0 Å². The predicted octanol–water partition coefficient (Wildman–Crippen LogP) is 1.04. The fraction of sp³-hybridized carbons (Fsp3) is 0.300. The number of carbonyl (C=O) groups excluding carboxylic acids is 1. The third kappa shape index (κ3) is 3.63. The first-order valence-electron chi connectivity index (χ1n) is 4.77. The normalized spacial score (nSPS) is 11.1. The first-order chi connectivity index (χ1) is 7.43. The lowest BCUT2D eigenvalue weighted by Gasteiger charge is -2.04. The molecule has 0 fully saturated rings. The van der Waals surface area contributed by atoms with Crippen molar-refractivity contribution in [1.82, 2.24) is 0 Å². The second-order valence-corrected chi connectivity index (χ2v) is 4.81. The molecule has 0 atom stereocenters. The average molecular weight is 243 g/mol. The van der Waals surface area contributed by atoms with Gasteiger partial charge in [-0.1, -0.05) is 13.0 Å². The van der Waals surface area contributed by atoms with E-state index in [1.54, 1.807) is 0 Å². The van der Waals surface area contributed by atoms with Crippen LogP contribution in [0, 0.1) is 0 Å². The monoisotopic (exact) mass is 243 g/mol. The van der Waals surface area contributed by atoms with Gasteiger partial charge in [-0.05, 0) is 18.6 Å². The molecule has 0 aliphatic carbocycles. The molecule has 0 aliphatic heterocycles. The smallest absolute Gasteiger partial charge is 0.311 e. The molecule has 0 amide bonds. The molecule has 0 saturated heterocycles. The summed E-state index contributed by atoms with van der Waals surface area (Å²) in [5.41, 5.74) is 0. The van der Waals surface area contributed by atoms with Crippen LogP contribution in [0.25, 0.3) is 0 Å². The number of rotatable bonds is 4. The van der Waals surface area contributed by atoms with E-state index >= 15 is 0 Å². The maximum Gasteiger partial charge on any atom is 0.311 e. The molecule has 6 heteroatoms. The maximum absolute atomic E-state index is 11.2. The third-order valence-electron chi connectivity index (χ3n) is 1.82. The molecular weight excluding hydrogens is 230 g/mol. The van der Waals surface area contributed by atoms with Crippen molar-refractivity contribution in [2.24, 2.45) is 5.14 Å². The van der Waals surface area contributed by atoms with Gasteiger partial charge in [-0.3, -0.25) is 4.79 Å². The fourth-order valence-corrected chi connectivity index (χ4v) is 1.65. The van der Waals surface area contributed by atoms with E-state index in [9.17, 15) is 13.2 Å². The van der Waals surface area contributed by atoms with Gasteiger partial charge < -0.3 is 4.74 Å². The molecule has 0 radical (unpaired) electrons. The van der Waals surface area contributed by atoms with Gasteiger partial charge in [0.05, 0.1) is 4.90 Å². The summed E-state index contributed by atoms with van der Waals surface area (Å²) in [5, 5.41) is 4.95. The molecule has 0 unspecified atom stereocenters. The highest BCUT2D eigenvalue weighted by Crippen LogP contribution is 2.16. The van der Waals surface area contributed by atoms with E-state index in [0.717, 1.165) is 0 Å². The van der Waals surface area contributed by atoms with Gasteiger partial charge >= 0.3 is 5.97 Å². The van der Waals surface area contributed by atoms with Crippen LogP contribution >= 0.6 is 0 Å². The number of benzene rings is 1. The number of ether oxygens (including phenoxy) is 1. The highest BCUT2D eigenvalue weighted by molar-refractivity contribution is 7.89. The Morgan fingerprint density at radius 1 is 1.44 bits per heavy atom. The molecule has 88 valence electrons. The van der Waals surface area contributed by atoms with Crippen LogP contribution in [0.1, 0.15) is 19.8 Å². The number of hydrogen-bond donors (Lipinski definition) is 1. The first-order valence-corrected chi connectivity index (χ1v) is 6.31. The molecular formula is C10H13NO4S. The molecule has 0 spiro atoms. The van der Waals surface area contributed by atoms with Crippen LogP contribution < -0.4 is 9.88 Å². The zero-order valence-electron chi connectivity index (χ0n) is 8.84. The highest BCUT2D eigenvalue weighted by Gasteiger charge is 2.10. The van der Waals surface area contributed by atoms with Gasteiger partial charge in [-0.25, -0.2) is 13.6 Å². The molecule has 0 bridgehead atoms. The van der Waals surface area contributed by atoms with Gasteiger partial charge in [0.15, 0.2) is 0 Å². The lowest BCUT2D eigenvalue weighted by Crippen LogP contribution is -2.13. The molecule has 0 aromatic heterocycles. The lowest BCUT2D eigenvalue weighted by atomic mass is 10.3. The Hall–Kier alpha value is -1.40. The van der Waals surface area contributed by atoms with Crippen LogP contribution in [0.15, 0.2) is 29.2 Å². The van der Waals surface area contributed by atoms with Gasteiger partial charge in [0, 0.05) is 12.5 Å². The molecule has 1 aromatic rings. The average Bonchev–Trinajstić information content (AvgIpc) is 2.17. The summed E-state index contributed by atoms with van der Waals surface area (Å²) in [4.78, 5) is 11.1. The van der Waals surface area contributed by atoms with Crippen molar-refractivity contribution in [2.75, 3.05) is 0 Å². The standard InChI is InChI=1S/C10H13NO4S/c1-2-4-10(12)15-8-5-3-6-9(7-8)16(11,13)14/h3,5-7H,2,4H2,1H3,(H2,11,13,14). The Kier molecular flexibility index (Phi) is 4.03. The number of hydrogen-bond acceptors (Lipinski definition) is 4. The van der Waals surface area contributed by atoms with Gasteiger partial charge in [-0.2, -0.15) is 0 Å². The molecule has 16 heavy (non-hydrogen) atoms. The minimum atomic E-state index is -3.76. The van der Waals surface area contributed by atoms with E-state index < -0.39 is 16.0 Å². The van der Waals surface area contributed by atoms with Crippen molar-refractivity contribution >= 4 is 16.0 Å². The quantitative estimate of drug-likeness (QED) is 0.632. The highest BCUT2D eigenvalue weighted by atomic mass is 32.2. The van der Waals surface area contributed by atoms with Crippen LogP contribution in [-0.2, 0) is 14.8 Å². The van der Waals surface area contributed by atoms with Crippen molar-refractivity contribution in [3.63, 3.8) is 0 Å². The molecule has 0 saturated carbocycles. The summed E-state index contributed by atoms with van der Waals surface area (Å²) in [6.45, 7) is 1.85. The SMILES string of the molecule is CCCC(=O)Oc1cccc(S(N)(=O)=O)c1. The van der Waals surface area contributed by atoms with E-state index in [0.29, 0.717) is 12.8 Å². The Labute approximate surface area is 94.3 Å². The van der Waals surface area contributed by atoms with Crippen LogP contribution in [0.3, 0.4) is 0 Å². The predicted molar refractivity (Wildman–Crippen MR) is 58.4 cm³/mol. The van der Waals surface area contributed by atoms with E-state index in [1.165, 1.54) is 24.3 Å². The Balaban J connectivity index is 2.88. The van der Waals surface area contributed by atoms with Crippen LogP contribution in [-0.4, -0.2) is 14.4 Å². The largest absolute Gasteiger partial charge is 0.426 e. The second-order valence-electron chi connectivity index (χ2n) is 3.24. The summed E-state index contributed by atoms with van der Waals surface area (Å²) in [7, 11) is -3.76. The molecule has 1 aromatic carbocycles. The third-order valence-corrected chi connectivity index (χ3v) is 2.73. The number of carbonyl (C=O) groups is 1. The second kappa shape index (κ2) is 5.09. The molecule has 0 heterocycles. The first kappa shape index (κ1) is 12.7. The molecule has 2 N–H and O–H groups in total. The van der Waals surface area contributed by atoms with Gasteiger partial charge in [0.25, 0.3) is 0 Å². The van der Waals surface area contributed by atoms with Crippen molar-refractivity contribution in [3.8, 4) is 5.75 Å². The minimum absolute atomic E-state index is 0.0747. The van der Waals surface area contributed by atoms with E-state index in [-0.39, 0.29) is 10.6 Å². The van der Waals surface area contributed by atoms with Crippen LogP contribution in [0.4, 0.5) is 0 Å². The summed E-state index contributed by atoms with van der Waals surface area (Å²) < 4.78 is 27.0. The van der Waals surface area contributed by atoms with E-state index in [2.05, 4.69) is 0 Å². The molecule has 0 aliphatic rings. The van der Waals surface area contributed by atoms with Crippen molar-refractivity contribution in [2.45, 2.75) is 24.7 Å². The Morgan fingerprint density at radius 3 is 2.69 bits per heavy atom. The molecule has 5 nitrogen and oxygen atoms in total. The zero-order valence-corrected chi connectivity index (χ0v) is 9.66. The number of primary sulfonamides is 1.